The van der Waals surface area contributed by atoms with Crippen molar-refractivity contribution in [2.75, 3.05) is 5.32 Å². The summed E-state index contributed by atoms with van der Waals surface area (Å²) in [4.78, 5) is 20.7. The maximum atomic E-state index is 12.2. The molecule has 2 heterocycles. The van der Waals surface area contributed by atoms with E-state index >= 15 is 0 Å². The minimum absolute atomic E-state index is 0.191. The lowest BCUT2D eigenvalue weighted by atomic mass is 10.2. The van der Waals surface area contributed by atoms with Crippen LogP contribution in [-0.4, -0.2) is 26.1 Å². The standard InChI is InChI=1S/C17H15N5O/c23-17(13-4-2-8-18-10-13)19-14-5-1-3-12(9-14)16-20-15(21-22-16)11-6-7-11/h1-5,8-11H,6-7H2,(H,19,23)(H,20,21,22). The Morgan fingerprint density at radius 1 is 1.22 bits per heavy atom. The van der Waals surface area contributed by atoms with Crippen molar-refractivity contribution in [3.8, 4) is 11.4 Å². The van der Waals surface area contributed by atoms with E-state index < -0.39 is 0 Å². The molecule has 0 atom stereocenters. The Hall–Kier alpha value is -3.02. The van der Waals surface area contributed by atoms with Crippen molar-refractivity contribution in [3.05, 3.63) is 60.2 Å². The maximum Gasteiger partial charge on any atom is 0.257 e. The summed E-state index contributed by atoms with van der Waals surface area (Å²) >= 11 is 0. The molecule has 114 valence electrons. The number of hydrogen-bond acceptors (Lipinski definition) is 4. The van der Waals surface area contributed by atoms with E-state index in [1.165, 1.54) is 19.0 Å². The Kier molecular flexibility index (Phi) is 3.34. The number of carbonyl (C=O) groups is 1. The van der Waals surface area contributed by atoms with Crippen LogP contribution in [0, 0.1) is 0 Å². The van der Waals surface area contributed by atoms with E-state index in [0.29, 0.717) is 23.0 Å². The third kappa shape index (κ3) is 2.96. The maximum absolute atomic E-state index is 12.2. The second-order valence-electron chi connectivity index (χ2n) is 5.60. The molecule has 1 aliphatic rings. The van der Waals surface area contributed by atoms with Gasteiger partial charge in [-0.2, -0.15) is 5.10 Å². The minimum Gasteiger partial charge on any atom is -0.322 e. The largest absolute Gasteiger partial charge is 0.322 e. The summed E-state index contributed by atoms with van der Waals surface area (Å²) < 4.78 is 0. The summed E-state index contributed by atoms with van der Waals surface area (Å²) in [5.74, 6) is 1.95. The summed E-state index contributed by atoms with van der Waals surface area (Å²) in [7, 11) is 0. The van der Waals surface area contributed by atoms with E-state index in [2.05, 4.69) is 25.5 Å². The zero-order chi connectivity index (χ0) is 15.6. The van der Waals surface area contributed by atoms with Crippen LogP contribution in [0.5, 0.6) is 0 Å². The highest BCUT2D eigenvalue weighted by atomic mass is 16.1. The molecule has 1 fully saturated rings. The molecule has 2 N–H and O–H groups in total. The Morgan fingerprint density at radius 2 is 2.13 bits per heavy atom. The predicted octanol–water partition coefficient (Wildman–Crippen LogP) is 3.00. The van der Waals surface area contributed by atoms with Crippen molar-refractivity contribution in [2.24, 2.45) is 0 Å². The average Bonchev–Trinajstić information content (AvgIpc) is 3.33. The van der Waals surface area contributed by atoms with Gasteiger partial charge in [-0.05, 0) is 37.1 Å². The lowest BCUT2D eigenvalue weighted by Gasteiger charge is -2.06. The molecule has 1 aliphatic carbocycles. The Bertz CT molecular complexity index is 839. The molecule has 0 saturated heterocycles. The molecule has 23 heavy (non-hydrogen) atoms. The fourth-order valence-electron chi connectivity index (χ4n) is 2.38. The predicted molar refractivity (Wildman–Crippen MR) is 86.0 cm³/mol. The van der Waals surface area contributed by atoms with E-state index in [1.54, 1.807) is 18.3 Å². The van der Waals surface area contributed by atoms with E-state index in [0.717, 1.165) is 11.4 Å². The van der Waals surface area contributed by atoms with Crippen LogP contribution in [0.2, 0.25) is 0 Å². The fraction of sp³-hybridized carbons (Fsp3) is 0.176. The molecule has 0 radical (unpaired) electrons. The summed E-state index contributed by atoms with van der Waals surface area (Å²) in [5.41, 5.74) is 2.10. The molecule has 0 spiro atoms. The highest BCUT2D eigenvalue weighted by Gasteiger charge is 2.27. The van der Waals surface area contributed by atoms with Crippen LogP contribution in [0.4, 0.5) is 5.69 Å². The van der Waals surface area contributed by atoms with Gasteiger partial charge < -0.3 is 5.32 Å². The number of aromatic nitrogens is 4. The molecule has 2 aromatic heterocycles. The van der Waals surface area contributed by atoms with Crippen LogP contribution in [0.25, 0.3) is 11.4 Å². The summed E-state index contributed by atoms with van der Waals surface area (Å²) in [6, 6.07) is 11.0. The molecule has 0 aliphatic heterocycles. The smallest absolute Gasteiger partial charge is 0.257 e. The van der Waals surface area contributed by atoms with Crippen LogP contribution < -0.4 is 5.32 Å². The van der Waals surface area contributed by atoms with Crippen LogP contribution >= 0.6 is 0 Å². The minimum atomic E-state index is -0.191. The molecule has 1 aromatic carbocycles. The van der Waals surface area contributed by atoms with Crippen molar-refractivity contribution in [3.63, 3.8) is 0 Å². The van der Waals surface area contributed by atoms with Gasteiger partial charge in [0.05, 0.1) is 5.56 Å². The first kappa shape index (κ1) is 13.6. The van der Waals surface area contributed by atoms with Crippen molar-refractivity contribution >= 4 is 11.6 Å². The zero-order valence-electron chi connectivity index (χ0n) is 12.4. The lowest BCUT2D eigenvalue weighted by Crippen LogP contribution is -2.11. The first-order valence-corrected chi connectivity index (χ1v) is 7.54. The number of H-pyrrole nitrogens is 1. The summed E-state index contributed by atoms with van der Waals surface area (Å²) in [6.07, 6.45) is 5.53. The molecule has 6 nitrogen and oxygen atoms in total. The number of aromatic amines is 1. The molecular formula is C17H15N5O. The third-order valence-electron chi connectivity index (χ3n) is 3.77. The second-order valence-corrected chi connectivity index (χ2v) is 5.60. The van der Waals surface area contributed by atoms with Crippen LogP contribution in [-0.2, 0) is 0 Å². The number of nitrogens with zero attached hydrogens (tertiary/aromatic N) is 3. The van der Waals surface area contributed by atoms with Gasteiger partial charge in [0.1, 0.15) is 5.82 Å². The normalized spacial score (nSPS) is 13.7. The van der Waals surface area contributed by atoms with Gasteiger partial charge in [-0.3, -0.25) is 14.9 Å². The summed E-state index contributed by atoms with van der Waals surface area (Å²) in [5, 5.41) is 10.1. The Labute approximate surface area is 133 Å². The number of anilines is 1. The van der Waals surface area contributed by atoms with Crippen molar-refractivity contribution < 1.29 is 4.79 Å². The van der Waals surface area contributed by atoms with Crippen molar-refractivity contribution in [1.29, 1.82) is 0 Å². The Balaban J connectivity index is 1.54. The van der Waals surface area contributed by atoms with Crippen molar-refractivity contribution in [2.45, 2.75) is 18.8 Å². The number of amides is 1. The molecule has 3 aromatic rings. The lowest BCUT2D eigenvalue weighted by molar-refractivity contribution is 0.102. The molecule has 1 amide bonds. The molecule has 0 bridgehead atoms. The van der Waals surface area contributed by atoms with E-state index in [-0.39, 0.29) is 5.91 Å². The van der Waals surface area contributed by atoms with Crippen LogP contribution in [0.1, 0.15) is 34.9 Å². The van der Waals surface area contributed by atoms with Gasteiger partial charge in [-0.25, -0.2) is 4.98 Å². The van der Waals surface area contributed by atoms with Gasteiger partial charge in [0.25, 0.3) is 5.91 Å². The quantitative estimate of drug-likeness (QED) is 0.776. The number of hydrogen-bond donors (Lipinski definition) is 2. The van der Waals surface area contributed by atoms with Crippen LogP contribution in [0.15, 0.2) is 48.8 Å². The number of carbonyl (C=O) groups excluding carboxylic acids is 1. The number of benzene rings is 1. The Morgan fingerprint density at radius 3 is 2.91 bits per heavy atom. The van der Waals surface area contributed by atoms with Gasteiger partial charge in [-0.1, -0.05) is 12.1 Å². The highest BCUT2D eigenvalue weighted by Crippen LogP contribution is 2.38. The SMILES string of the molecule is O=C(Nc1cccc(-c2n[nH]c(C3CC3)n2)c1)c1cccnc1. The third-order valence-corrected chi connectivity index (χ3v) is 3.77. The molecule has 4 rings (SSSR count). The topological polar surface area (TPSA) is 83.6 Å². The molecule has 6 heteroatoms. The van der Waals surface area contributed by atoms with Gasteiger partial charge in [0, 0.05) is 29.6 Å². The fourth-order valence-corrected chi connectivity index (χ4v) is 2.38. The van der Waals surface area contributed by atoms with E-state index in [4.69, 9.17) is 0 Å². The number of rotatable bonds is 4. The molecular weight excluding hydrogens is 290 g/mol. The number of pyridine rings is 1. The molecule has 0 unspecified atom stereocenters. The average molecular weight is 305 g/mol. The number of nitrogens with one attached hydrogen (secondary N) is 2. The highest BCUT2D eigenvalue weighted by molar-refractivity contribution is 6.04. The van der Waals surface area contributed by atoms with Gasteiger partial charge in [0.2, 0.25) is 0 Å². The zero-order valence-corrected chi connectivity index (χ0v) is 12.4. The first-order chi connectivity index (χ1) is 11.3. The summed E-state index contributed by atoms with van der Waals surface area (Å²) in [6.45, 7) is 0. The molecule has 1 saturated carbocycles. The monoisotopic (exact) mass is 305 g/mol. The van der Waals surface area contributed by atoms with Gasteiger partial charge in [0.15, 0.2) is 5.82 Å². The van der Waals surface area contributed by atoms with Gasteiger partial charge in [-0.15, -0.1) is 0 Å². The first-order valence-electron chi connectivity index (χ1n) is 7.54. The van der Waals surface area contributed by atoms with Gasteiger partial charge >= 0.3 is 0 Å². The van der Waals surface area contributed by atoms with E-state index in [9.17, 15) is 4.79 Å². The van der Waals surface area contributed by atoms with Crippen LogP contribution in [0.3, 0.4) is 0 Å². The second kappa shape index (κ2) is 5.64. The van der Waals surface area contributed by atoms with E-state index in [1.807, 2.05) is 24.3 Å². The van der Waals surface area contributed by atoms with Crippen molar-refractivity contribution in [1.82, 2.24) is 20.2 Å².